The molecule has 2 aromatic rings. The summed E-state index contributed by atoms with van der Waals surface area (Å²) in [6.07, 6.45) is 3.50. The summed E-state index contributed by atoms with van der Waals surface area (Å²) in [4.78, 5) is 24.3. The molecule has 23 heavy (non-hydrogen) atoms. The van der Waals surface area contributed by atoms with Crippen LogP contribution in [-0.4, -0.2) is 11.9 Å². The number of benzene rings is 1. The molecule has 1 heterocycles. The Balaban J connectivity index is 2.20. The molecule has 5 heteroatoms. The van der Waals surface area contributed by atoms with E-state index in [4.69, 9.17) is 9.15 Å². The zero-order chi connectivity index (χ0) is 16.7. The number of nitrogens with one attached hydrogen (secondary N) is 1. The van der Waals surface area contributed by atoms with Crippen molar-refractivity contribution in [2.75, 3.05) is 0 Å². The van der Waals surface area contributed by atoms with E-state index in [1.54, 1.807) is 6.08 Å². The summed E-state index contributed by atoms with van der Waals surface area (Å²) < 4.78 is 10.7. The van der Waals surface area contributed by atoms with Crippen molar-refractivity contribution in [2.45, 2.75) is 26.0 Å². The van der Waals surface area contributed by atoms with E-state index in [2.05, 4.69) is 11.9 Å². The van der Waals surface area contributed by atoms with Crippen LogP contribution in [0.15, 0.2) is 64.5 Å². The fraction of sp³-hybridized carbons (Fsp3) is 0.222. The number of carbonyl (C=O) groups excluding carboxylic acids is 1. The van der Waals surface area contributed by atoms with Gasteiger partial charge < -0.3 is 14.5 Å². The van der Waals surface area contributed by atoms with E-state index in [1.807, 2.05) is 37.3 Å². The fourth-order valence-corrected chi connectivity index (χ4v) is 1.99. The van der Waals surface area contributed by atoms with Crippen molar-refractivity contribution in [2.24, 2.45) is 0 Å². The number of rotatable bonds is 7. The molecule has 2 rings (SSSR count). The van der Waals surface area contributed by atoms with Crippen LogP contribution in [0.2, 0.25) is 0 Å². The Hall–Kier alpha value is -2.82. The van der Waals surface area contributed by atoms with Gasteiger partial charge in [-0.3, -0.25) is 9.59 Å². The third-order valence-corrected chi connectivity index (χ3v) is 3.31. The second kappa shape index (κ2) is 7.98. The van der Waals surface area contributed by atoms with Crippen LogP contribution >= 0.6 is 0 Å². The Morgan fingerprint density at radius 3 is 2.74 bits per heavy atom. The van der Waals surface area contributed by atoms with Gasteiger partial charge in [-0.1, -0.05) is 43.3 Å². The molecule has 0 bridgehead atoms. The van der Waals surface area contributed by atoms with Crippen LogP contribution < -0.4 is 15.5 Å². The lowest BCUT2D eigenvalue weighted by molar-refractivity contribution is 0.0905. The Kier molecular flexibility index (Phi) is 5.74. The van der Waals surface area contributed by atoms with E-state index in [-0.39, 0.29) is 24.2 Å². The van der Waals surface area contributed by atoms with Gasteiger partial charge in [-0.05, 0) is 12.0 Å². The molecule has 1 unspecified atom stereocenters. The van der Waals surface area contributed by atoms with E-state index >= 15 is 0 Å². The Morgan fingerprint density at radius 2 is 2.09 bits per heavy atom. The van der Waals surface area contributed by atoms with Gasteiger partial charge in [0.15, 0.2) is 0 Å². The highest BCUT2D eigenvalue weighted by atomic mass is 16.5. The predicted octanol–water partition coefficient (Wildman–Crippen LogP) is 2.91. The minimum absolute atomic E-state index is 0.0900. The highest BCUT2D eigenvalue weighted by Gasteiger charge is 2.20. The van der Waals surface area contributed by atoms with Gasteiger partial charge >= 0.3 is 0 Å². The van der Waals surface area contributed by atoms with Crippen LogP contribution in [0.1, 0.15) is 29.5 Å². The van der Waals surface area contributed by atoms with E-state index in [9.17, 15) is 9.59 Å². The molecule has 0 aliphatic heterocycles. The summed E-state index contributed by atoms with van der Waals surface area (Å²) in [5.74, 6) is -0.723. The molecule has 120 valence electrons. The summed E-state index contributed by atoms with van der Waals surface area (Å²) in [6, 6.07) is 10.4. The summed E-state index contributed by atoms with van der Waals surface area (Å²) in [6.45, 7) is 5.75. The molecule has 1 aromatic carbocycles. The van der Waals surface area contributed by atoms with E-state index in [0.717, 1.165) is 5.56 Å². The van der Waals surface area contributed by atoms with Crippen molar-refractivity contribution in [3.8, 4) is 5.75 Å². The maximum Gasteiger partial charge on any atom is 0.291 e. The molecule has 1 aromatic heterocycles. The largest absolute Gasteiger partial charge is 0.481 e. The second-order valence-electron chi connectivity index (χ2n) is 4.94. The van der Waals surface area contributed by atoms with E-state index in [1.165, 1.54) is 12.3 Å². The van der Waals surface area contributed by atoms with Crippen molar-refractivity contribution in [3.05, 3.63) is 76.9 Å². The first-order chi connectivity index (χ1) is 11.2. The molecule has 1 atom stereocenters. The lowest BCUT2D eigenvalue weighted by atomic mass is 10.2. The SMILES string of the molecule is C=CC(CC)NC(=O)c1occc(=O)c1OCc1ccccc1. The smallest absolute Gasteiger partial charge is 0.291 e. The summed E-state index contributed by atoms with van der Waals surface area (Å²) in [5.41, 5.74) is 0.489. The number of carbonyl (C=O) groups is 1. The summed E-state index contributed by atoms with van der Waals surface area (Å²) in [7, 11) is 0. The maximum atomic E-state index is 12.3. The highest BCUT2D eigenvalue weighted by molar-refractivity contribution is 5.94. The number of amides is 1. The standard InChI is InChI=1S/C18H19NO4/c1-3-14(4-2)19-18(21)17-16(15(20)10-11-22-17)23-12-13-8-6-5-7-9-13/h3,5-11,14H,1,4,12H2,2H3,(H,19,21). The minimum atomic E-state index is -0.502. The first-order valence-electron chi connectivity index (χ1n) is 7.37. The van der Waals surface area contributed by atoms with Gasteiger partial charge in [0.2, 0.25) is 16.9 Å². The van der Waals surface area contributed by atoms with Crippen LogP contribution in [-0.2, 0) is 6.61 Å². The fourth-order valence-electron chi connectivity index (χ4n) is 1.99. The zero-order valence-corrected chi connectivity index (χ0v) is 13.0. The van der Waals surface area contributed by atoms with Crippen molar-refractivity contribution in [3.63, 3.8) is 0 Å². The third kappa shape index (κ3) is 4.32. The summed E-state index contributed by atoms with van der Waals surface area (Å²) in [5, 5.41) is 2.73. The van der Waals surface area contributed by atoms with E-state index in [0.29, 0.717) is 6.42 Å². The summed E-state index contributed by atoms with van der Waals surface area (Å²) >= 11 is 0. The maximum absolute atomic E-state index is 12.3. The lowest BCUT2D eigenvalue weighted by Crippen LogP contribution is -2.33. The van der Waals surface area contributed by atoms with Gasteiger partial charge in [-0.2, -0.15) is 0 Å². The molecule has 0 saturated carbocycles. The quantitative estimate of drug-likeness (QED) is 0.798. The lowest BCUT2D eigenvalue weighted by Gasteiger charge is -2.13. The molecule has 0 aliphatic carbocycles. The first kappa shape index (κ1) is 16.5. The van der Waals surface area contributed by atoms with Crippen LogP contribution in [0.25, 0.3) is 0 Å². The molecule has 1 amide bonds. The van der Waals surface area contributed by atoms with Crippen LogP contribution in [0.5, 0.6) is 5.75 Å². The number of hydrogen-bond acceptors (Lipinski definition) is 4. The van der Waals surface area contributed by atoms with E-state index < -0.39 is 11.3 Å². The van der Waals surface area contributed by atoms with Gasteiger partial charge in [0.05, 0.1) is 6.26 Å². The Bertz CT molecular complexity index is 721. The average molecular weight is 313 g/mol. The normalized spacial score (nSPS) is 11.5. The highest BCUT2D eigenvalue weighted by Crippen LogP contribution is 2.15. The van der Waals surface area contributed by atoms with Crippen LogP contribution in [0, 0.1) is 0 Å². The number of hydrogen-bond donors (Lipinski definition) is 1. The van der Waals surface area contributed by atoms with Crippen molar-refractivity contribution < 1.29 is 13.9 Å². The molecular weight excluding hydrogens is 294 g/mol. The van der Waals surface area contributed by atoms with Crippen molar-refractivity contribution >= 4 is 5.91 Å². The molecule has 0 aliphatic rings. The molecule has 0 saturated heterocycles. The van der Waals surface area contributed by atoms with Gasteiger partial charge in [-0.25, -0.2) is 0 Å². The van der Waals surface area contributed by atoms with Crippen molar-refractivity contribution in [1.29, 1.82) is 0 Å². The first-order valence-corrected chi connectivity index (χ1v) is 7.37. The number of ether oxygens (including phenoxy) is 1. The zero-order valence-electron chi connectivity index (χ0n) is 13.0. The monoisotopic (exact) mass is 313 g/mol. The average Bonchev–Trinajstić information content (AvgIpc) is 2.59. The topological polar surface area (TPSA) is 68.5 Å². The van der Waals surface area contributed by atoms with Crippen LogP contribution in [0.4, 0.5) is 0 Å². The molecule has 0 radical (unpaired) electrons. The Labute approximate surface area is 134 Å². The van der Waals surface area contributed by atoms with Gasteiger partial charge in [0.1, 0.15) is 6.61 Å². The minimum Gasteiger partial charge on any atom is -0.481 e. The molecule has 0 fully saturated rings. The van der Waals surface area contributed by atoms with Gasteiger partial charge in [0, 0.05) is 12.1 Å². The second-order valence-corrected chi connectivity index (χ2v) is 4.94. The molecular formula is C18H19NO4. The van der Waals surface area contributed by atoms with Crippen molar-refractivity contribution in [1.82, 2.24) is 5.32 Å². The molecule has 5 nitrogen and oxygen atoms in total. The molecule has 1 N–H and O–H groups in total. The predicted molar refractivity (Wildman–Crippen MR) is 87.5 cm³/mol. The molecule has 0 spiro atoms. The third-order valence-electron chi connectivity index (χ3n) is 3.31. The van der Waals surface area contributed by atoms with Crippen LogP contribution in [0.3, 0.4) is 0 Å². The van der Waals surface area contributed by atoms with Gasteiger partial charge in [0.25, 0.3) is 5.91 Å². The Morgan fingerprint density at radius 1 is 1.35 bits per heavy atom. The van der Waals surface area contributed by atoms with Gasteiger partial charge in [-0.15, -0.1) is 6.58 Å².